The van der Waals surface area contributed by atoms with Crippen LogP contribution in [0.25, 0.3) is 0 Å². The third kappa shape index (κ3) is 5.94. The minimum Gasteiger partial charge on any atom is -0.369 e. The maximum atomic E-state index is 5.71. The molecular weight excluding hydrogens is 220 g/mol. The van der Waals surface area contributed by atoms with Gasteiger partial charge in [-0.1, -0.05) is 33.0 Å². The van der Waals surface area contributed by atoms with E-state index in [0.717, 1.165) is 15.9 Å². The molecule has 1 nitrogen and oxygen atoms in total. The summed E-state index contributed by atoms with van der Waals surface area (Å²) < 4.78 is 6.54. The summed E-state index contributed by atoms with van der Waals surface area (Å²) in [7, 11) is -0.336. The van der Waals surface area contributed by atoms with Crippen molar-refractivity contribution in [2.24, 2.45) is 5.92 Å². The van der Waals surface area contributed by atoms with Gasteiger partial charge < -0.3 is 4.74 Å². The molecule has 80 valence electrons. The smallest absolute Gasteiger partial charge is 0.0873 e. The fourth-order valence-electron chi connectivity index (χ4n) is 0.970. The highest BCUT2D eigenvalue weighted by Crippen LogP contribution is 2.35. The van der Waals surface area contributed by atoms with Crippen molar-refractivity contribution >= 4 is 39.3 Å². The lowest BCUT2D eigenvalue weighted by atomic mass is 10.2. The maximum Gasteiger partial charge on any atom is 0.0873 e. The number of thiol groups is 2. The topological polar surface area (TPSA) is 9.23 Å². The molecule has 0 heterocycles. The van der Waals surface area contributed by atoms with Crippen LogP contribution in [0.15, 0.2) is 0 Å². The highest BCUT2D eigenvalue weighted by Gasteiger charge is 2.14. The number of rotatable bonds is 5. The van der Waals surface area contributed by atoms with E-state index in [4.69, 9.17) is 17.0 Å². The molecule has 0 bridgehead atoms. The van der Waals surface area contributed by atoms with Crippen LogP contribution in [0.4, 0.5) is 0 Å². The molecule has 0 aliphatic heterocycles. The van der Waals surface area contributed by atoms with E-state index in [1.54, 1.807) is 0 Å². The zero-order valence-corrected chi connectivity index (χ0v) is 11.4. The number of hydrogen-bond donors (Lipinski definition) is 2. The third-order valence-electron chi connectivity index (χ3n) is 1.70. The summed E-state index contributed by atoms with van der Waals surface area (Å²) in [5.41, 5.74) is 0.257. The number of thiocarbonyl (C=S) groups is 1. The molecule has 0 radical (unpaired) electrons. The van der Waals surface area contributed by atoms with Crippen LogP contribution >= 0.6 is 35.7 Å². The van der Waals surface area contributed by atoms with Crippen LogP contribution in [0.1, 0.15) is 27.7 Å². The van der Waals surface area contributed by atoms with E-state index >= 15 is 0 Å². The molecule has 0 spiro atoms. The van der Waals surface area contributed by atoms with Gasteiger partial charge in [-0.2, -0.15) is 10.9 Å². The van der Waals surface area contributed by atoms with E-state index in [-0.39, 0.29) is 16.3 Å². The van der Waals surface area contributed by atoms with Crippen molar-refractivity contribution in [2.45, 2.75) is 33.1 Å². The maximum absolute atomic E-state index is 5.71. The van der Waals surface area contributed by atoms with Gasteiger partial charge in [0, 0.05) is 0 Å². The van der Waals surface area contributed by atoms with E-state index in [2.05, 4.69) is 40.3 Å². The monoisotopic (exact) mass is 240 g/mol. The summed E-state index contributed by atoms with van der Waals surface area (Å²) in [6.45, 7) is 9.36. The molecule has 0 rings (SSSR count). The van der Waals surface area contributed by atoms with E-state index in [1.165, 1.54) is 0 Å². The zero-order valence-electron chi connectivity index (χ0n) is 8.78. The Bertz CT molecular complexity index is 159. The second kappa shape index (κ2) is 7.10. The lowest BCUT2D eigenvalue weighted by Gasteiger charge is -2.26. The minimum atomic E-state index is -0.336. The molecule has 0 amide bonds. The Morgan fingerprint density at radius 1 is 1.46 bits per heavy atom. The fraction of sp³-hybridized carbons (Fsp3) is 0.889. The second-order valence-corrected chi connectivity index (χ2v) is 7.95. The summed E-state index contributed by atoms with van der Waals surface area (Å²) in [5, 5.41) is 0. The van der Waals surface area contributed by atoms with Crippen LogP contribution < -0.4 is 0 Å². The first-order chi connectivity index (χ1) is 5.99. The van der Waals surface area contributed by atoms with Crippen LogP contribution in [0.5, 0.6) is 0 Å². The Hall–Kier alpha value is 0.750. The van der Waals surface area contributed by atoms with Crippen molar-refractivity contribution in [1.29, 1.82) is 0 Å². The average Bonchev–Trinajstić information content (AvgIpc) is 2.01. The molecule has 0 aliphatic rings. The summed E-state index contributed by atoms with van der Waals surface area (Å²) in [6, 6.07) is 0. The van der Waals surface area contributed by atoms with E-state index in [9.17, 15) is 0 Å². The van der Waals surface area contributed by atoms with Crippen LogP contribution in [-0.2, 0) is 4.74 Å². The molecular formula is C9H20OS3. The van der Waals surface area contributed by atoms with Crippen molar-refractivity contribution in [2.75, 3.05) is 12.4 Å². The summed E-state index contributed by atoms with van der Waals surface area (Å²) in [6.07, 6.45) is 0. The van der Waals surface area contributed by atoms with Crippen LogP contribution in [-0.4, -0.2) is 21.3 Å². The highest BCUT2D eigenvalue weighted by molar-refractivity contribution is 8.50. The first-order valence-electron chi connectivity index (χ1n) is 4.60. The van der Waals surface area contributed by atoms with E-state index in [1.807, 2.05) is 0 Å². The van der Waals surface area contributed by atoms with Gasteiger partial charge in [-0.3, -0.25) is 0 Å². The van der Waals surface area contributed by atoms with Crippen molar-refractivity contribution < 1.29 is 4.74 Å². The normalized spacial score (nSPS) is 17.2. The summed E-state index contributed by atoms with van der Waals surface area (Å²) in [4.78, 5) is 0. The molecule has 0 N–H and O–H groups in total. The first-order valence-corrected chi connectivity index (χ1v) is 7.05. The molecule has 2 unspecified atom stereocenters. The molecule has 0 aromatic carbocycles. The zero-order chi connectivity index (χ0) is 10.4. The predicted octanol–water partition coefficient (Wildman–Crippen LogP) is 3.24. The first kappa shape index (κ1) is 13.8. The van der Waals surface area contributed by atoms with Crippen LogP contribution in [0.2, 0.25) is 0 Å². The average molecular weight is 240 g/mol. The molecule has 0 aliphatic carbocycles. The minimum absolute atomic E-state index is 0.257. The third-order valence-corrected chi connectivity index (χ3v) is 5.37. The van der Waals surface area contributed by atoms with E-state index in [0.29, 0.717) is 5.92 Å². The van der Waals surface area contributed by atoms with E-state index < -0.39 is 0 Å². The lowest BCUT2D eigenvalue weighted by Crippen LogP contribution is -2.16. The summed E-state index contributed by atoms with van der Waals surface area (Å²) >= 11 is 9.32. The number of hydrogen-bond acceptors (Lipinski definition) is 2. The van der Waals surface area contributed by atoms with Gasteiger partial charge in [-0.15, -0.1) is 12.6 Å². The van der Waals surface area contributed by atoms with Crippen LogP contribution in [0.3, 0.4) is 0 Å². The molecule has 13 heavy (non-hydrogen) atoms. The van der Waals surface area contributed by atoms with Gasteiger partial charge in [-0.05, 0) is 18.6 Å². The van der Waals surface area contributed by atoms with Gasteiger partial charge in [0.2, 0.25) is 0 Å². The van der Waals surface area contributed by atoms with Crippen molar-refractivity contribution in [3.8, 4) is 0 Å². The molecule has 0 aromatic heterocycles. The van der Waals surface area contributed by atoms with Crippen molar-refractivity contribution in [3.63, 3.8) is 0 Å². The second-order valence-electron chi connectivity index (χ2n) is 3.40. The molecule has 2 atom stereocenters. The highest BCUT2D eigenvalue weighted by atomic mass is 32.3. The lowest BCUT2D eigenvalue weighted by molar-refractivity contribution is 0.0996. The van der Waals surface area contributed by atoms with Gasteiger partial charge in [-0.25, -0.2) is 0 Å². The van der Waals surface area contributed by atoms with Crippen molar-refractivity contribution in [3.05, 3.63) is 0 Å². The largest absolute Gasteiger partial charge is 0.369 e. The van der Waals surface area contributed by atoms with Crippen molar-refractivity contribution in [1.82, 2.24) is 0 Å². The quantitative estimate of drug-likeness (QED) is 0.564. The predicted molar refractivity (Wildman–Crippen MR) is 71.4 cm³/mol. The summed E-state index contributed by atoms with van der Waals surface area (Å²) in [5.74, 6) is 1.65. The SMILES string of the molecule is CC[SH](C(=S)S)C(C)OCC(C)C. The fourth-order valence-corrected chi connectivity index (χ4v) is 4.08. The molecule has 4 heteroatoms. The van der Waals surface area contributed by atoms with Gasteiger partial charge in [0.1, 0.15) is 0 Å². The molecule has 0 saturated carbocycles. The van der Waals surface area contributed by atoms with Gasteiger partial charge in [0.05, 0.1) is 15.6 Å². The Morgan fingerprint density at radius 3 is 2.31 bits per heavy atom. The molecule has 0 saturated heterocycles. The Kier molecular flexibility index (Phi) is 7.51. The van der Waals surface area contributed by atoms with Gasteiger partial charge in [0.25, 0.3) is 0 Å². The van der Waals surface area contributed by atoms with Crippen LogP contribution in [0, 0.1) is 5.92 Å². The molecule has 0 aromatic rings. The van der Waals surface area contributed by atoms with Gasteiger partial charge >= 0.3 is 0 Å². The van der Waals surface area contributed by atoms with Gasteiger partial charge in [0.15, 0.2) is 0 Å². The Balaban J connectivity index is 3.91. The Morgan fingerprint density at radius 2 is 2.00 bits per heavy atom. The standard InChI is InChI=1S/C9H20OS3/c1-5-13(9(11)12)8(4)10-6-7(2)3/h7-8,13H,5-6H2,1-4H3,(H,11,12). The number of ether oxygens (including phenoxy) is 1. The molecule has 0 fully saturated rings. The Labute approximate surface area is 95.4 Å².